The Morgan fingerprint density at radius 3 is 2.89 bits per heavy atom. The number of anilines is 1. The molecule has 0 radical (unpaired) electrons. The highest BCUT2D eigenvalue weighted by Gasteiger charge is 2.51. The van der Waals surface area contributed by atoms with Crippen LogP contribution in [0.15, 0.2) is 36.5 Å². The molecule has 1 aromatic heterocycles. The molecule has 1 aliphatic rings. The first-order valence-electron chi connectivity index (χ1n) is 6.20. The highest BCUT2D eigenvalue weighted by molar-refractivity contribution is 6.00. The average molecular weight is 257 g/mol. The van der Waals surface area contributed by atoms with Gasteiger partial charge >= 0.3 is 0 Å². The summed E-state index contributed by atoms with van der Waals surface area (Å²) in [4.78, 5) is 12.4. The first-order valence-corrected chi connectivity index (χ1v) is 6.20. The largest absolute Gasteiger partial charge is 0.497 e. The van der Waals surface area contributed by atoms with E-state index in [0.717, 1.165) is 24.2 Å². The third-order valence-electron chi connectivity index (χ3n) is 3.56. The molecule has 1 heterocycles. The Kier molecular flexibility index (Phi) is 2.74. The van der Waals surface area contributed by atoms with Crippen molar-refractivity contribution < 1.29 is 9.53 Å². The van der Waals surface area contributed by atoms with Crippen LogP contribution in [0.25, 0.3) is 0 Å². The van der Waals surface area contributed by atoms with Gasteiger partial charge in [0.1, 0.15) is 11.6 Å². The number of H-pyrrole nitrogens is 1. The molecular formula is C14H15N3O2. The summed E-state index contributed by atoms with van der Waals surface area (Å²) in [6.07, 6.45) is 3.33. The number of benzene rings is 1. The zero-order valence-electron chi connectivity index (χ0n) is 10.6. The molecule has 0 spiro atoms. The Morgan fingerprint density at radius 2 is 2.26 bits per heavy atom. The second kappa shape index (κ2) is 4.42. The first kappa shape index (κ1) is 11.8. The van der Waals surface area contributed by atoms with Gasteiger partial charge in [-0.15, -0.1) is 0 Å². The molecule has 0 atom stereocenters. The number of rotatable bonds is 4. The molecule has 2 aromatic rings. The molecule has 5 heteroatoms. The van der Waals surface area contributed by atoms with Crippen LogP contribution < -0.4 is 10.1 Å². The van der Waals surface area contributed by atoms with Crippen molar-refractivity contribution in [1.29, 1.82) is 0 Å². The first-order chi connectivity index (χ1) is 9.24. The molecule has 1 aromatic carbocycles. The lowest BCUT2D eigenvalue weighted by Gasteiger charge is -2.15. The van der Waals surface area contributed by atoms with Gasteiger partial charge in [-0.1, -0.05) is 12.1 Å². The number of aromatic amines is 1. The minimum atomic E-state index is -0.417. The van der Waals surface area contributed by atoms with Crippen molar-refractivity contribution in [2.45, 2.75) is 18.3 Å². The Balaban J connectivity index is 1.84. The van der Waals surface area contributed by atoms with E-state index in [0.29, 0.717) is 5.82 Å². The Hall–Kier alpha value is -2.30. The Bertz CT molecular complexity index is 588. The van der Waals surface area contributed by atoms with E-state index in [2.05, 4.69) is 15.5 Å². The summed E-state index contributed by atoms with van der Waals surface area (Å²) in [7, 11) is 1.63. The van der Waals surface area contributed by atoms with Crippen LogP contribution in [0.2, 0.25) is 0 Å². The fourth-order valence-corrected chi connectivity index (χ4v) is 2.26. The third-order valence-corrected chi connectivity index (χ3v) is 3.56. The number of nitrogens with one attached hydrogen (secondary N) is 2. The van der Waals surface area contributed by atoms with Crippen molar-refractivity contribution in [3.05, 3.63) is 42.1 Å². The number of hydrogen-bond donors (Lipinski definition) is 2. The molecule has 98 valence electrons. The van der Waals surface area contributed by atoms with E-state index in [9.17, 15) is 4.79 Å². The van der Waals surface area contributed by atoms with Gasteiger partial charge in [0, 0.05) is 6.07 Å². The van der Waals surface area contributed by atoms with Gasteiger partial charge in [0.15, 0.2) is 0 Å². The molecule has 0 unspecified atom stereocenters. The molecule has 5 nitrogen and oxygen atoms in total. The molecule has 0 aliphatic heterocycles. The maximum Gasteiger partial charge on any atom is 0.236 e. The summed E-state index contributed by atoms with van der Waals surface area (Å²) >= 11 is 0. The lowest BCUT2D eigenvalue weighted by molar-refractivity contribution is -0.118. The molecule has 3 rings (SSSR count). The smallest absolute Gasteiger partial charge is 0.236 e. The number of aromatic nitrogens is 2. The van der Waals surface area contributed by atoms with Crippen LogP contribution >= 0.6 is 0 Å². The zero-order chi connectivity index (χ0) is 13.3. The normalized spacial score (nSPS) is 15.8. The highest BCUT2D eigenvalue weighted by Crippen LogP contribution is 2.49. The van der Waals surface area contributed by atoms with Crippen LogP contribution in [0, 0.1) is 0 Å². The van der Waals surface area contributed by atoms with E-state index >= 15 is 0 Å². The van der Waals surface area contributed by atoms with E-state index < -0.39 is 5.41 Å². The minimum Gasteiger partial charge on any atom is -0.497 e. The maximum atomic E-state index is 12.4. The Morgan fingerprint density at radius 1 is 1.42 bits per heavy atom. The van der Waals surface area contributed by atoms with Crippen molar-refractivity contribution in [3.8, 4) is 5.75 Å². The number of methoxy groups -OCH3 is 1. The molecule has 1 fully saturated rings. The number of carbonyl (C=O) groups is 1. The molecule has 0 saturated heterocycles. The molecule has 19 heavy (non-hydrogen) atoms. The topological polar surface area (TPSA) is 67.0 Å². The second-order valence-electron chi connectivity index (χ2n) is 4.74. The van der Waals surface area contributed by atoms with Crippen LogP contribution in [0.3, 0.4) is 0 Å². The number of hydrogen-bond acceptors (Lipinski definition) is 3. The highest BCUT2D eigenvalue weighted by atomic mass is 16.5. The Labute approximate surface area is 111 Å². The van der Waals surface area contributed by atoms with Gasteiger partial charge in [0.2, 0.25) is 5.91 Å². The third kappa shape index (κ3) is 2.07. The van der Waals surface area contributed by atoms with Crippen molar-refractivity contribution in [2.75, 3.05) is 12.4 Å². The van der Waals surface area contributed by atoms with Gasteiger partial charge < -0.3 is 10.1 Å². The van der Waals surface area contributed by atoms with E-state index in [4.69, 9.17) is 4.74 Å². The van der Waals surface area contributed by atoms with E-state index in [1.54, 1.807) is 19.4 Å². The van der Waals surface area contributed by atoms with Crippen LogP contribution in [0.4, 0.5) is 5.82 Å². The van der Waals surface area contributed by atoms with Gasteiger partial charge in [-0.05, 0) is 30.5 Å². The predicted molar refractivity (Wildman–Crippen MR) is 71.1 cm³/mol. The van der Waals surface area contributed by atoms with E-state index in [-0.39, 0.29) is 5.91 Å². The van der Waals surface area contributed by atoms with Crippen molar-refractivity contribution in [2.24, 2.45) is 0 Å². The standard InChI is InChI=1S/C14H15N3O2/c1-19-11-4-2-3-10(9-11)14(6-7-14)13(18)16-12-5-8-15-17-12/h2-5,8-9H,6-7H2,1H3,(H2,15,16,17,18). The second-order valence-corrected chi connectivity index (χ2v) is 4.74. The van der Waals surface area contributed by atoms with Crippen LogP contribution in [-0.4, -0.2) is 23.2 Å². The van der Waals surface area contributed by atoms with Crippen molar-refractivity contribution in [1.82, 2.24) is 10.2 Å². The molecule has 1 saturated carbocycles. The molecule has 1 amide bonds. The zero-order valence-corrected chi connectivity index (χ0v) is 10.6. The summed E-state index contributed by atoms with van der Waals surface area (Å²) < 4.78 is 5.22. The number of nitrogens with zero attached hydrogens (tertiary/aromatic N) is 1. The SMILES string of the molecule is COc1cccc(C2(C(=O)Nc3ccn[nH]3)CC2)c1. The predicted octanol–water partition coefficient (Wildman–Crippen LogP) is 2.09. The summed E-state index contributed by atoms with van der Waals surface area (Å²) in [5, 5.41) is 9.42. The minimum absolute atomic E-state index is 0.00463. The molecule has 2 N–H and O–H groups in total. The van der Waals surface area contributed by atoms with E-state index in [1.807, 2.05) is 24.3 Å². The molecular weight excluding hydrogens is 242 g/mol. The van der Waals surface area contributed by atoms with Crippen molar-refractivity contribution in [3.63, 3.8) is 0 Å². The van der Waals surface area contributed by atoms with Crippen molar-refractivity contribution >= 4 is 11.7 Å². The molecule has 0 bridgehead atoms. The van der Waals surface area contributed by atoms with Gasteiger partial charge in [0.25, 0.3) is 0 Å². The number of amides is 1. The lowest BCUT2D eigenvalue weighted by atomic mass is 9.95. The quantitative estimate of drug-likeness (QED) is 0.881. The van der Waals surface area contributed by atoms with Gasteiger partial charge in [0.05, 0.1) is 18.7 Å². The lowest BCUT2D eigenvalue weighted by Crippen LogP contribution is -2.28. The summed E-state index contributed by atoms with van der Waals surface area (Å²) in [6.45, 7) is 0. The summed E-state index contributed by atoms with van der Waals surface area (Å²) in [5.41, 5.74) is 0.587. The van der Waals surface area contributed by atoms with Gasteiger partial charge in [-0.3, -0.25) is 9.89 Å². The number of ether oxygens (including phenoxy) is 1. The summed E-state index contributed by atoms with van der Waals surface area (Å²) in [6, 6.07) is 9.44. The van der Waals surface area contributed by atoms with Gasteiger partial charge in [-0.25, -0.2) is 0 Å². The molecule has 1 aliphatic carbocycles. The average Bonchev–Trinajstić information content (AvgIpc) is 3.12. The fraction of sp³-hybridized carbons (Fsp3) is 0.286. The number of carbonyl (C=O) groups excluding carboxylic acids is 1. The van der Waals surface area contributed by atoms with Crippen LogP contribution in [0.5, 0.6) is 5.75 Å². The van der Waals surface area contributed by atoms with Gasteiger partial charge in [-0.2, -0.15) is 5.10 Å². The summed E-state index contributed by atoms with van der Waals surface area (Å²) in [5.74, 6) is 1.40. The monoisotopic (exact) mass is 257 g/mol. The van der Waals surface area contributed by atoms with Crippen LogP contribution in [0.1, 0.15) is 18.4 Å². The van der Waals surface area contributed by atoms with E-state index in [1.165, 1.54) is 0 Å². The van der Waals surface area contributed by atoms with Crippen LogP contribution in [-0.2, 0) is 10.2 Å². The maximum absolute atomic E-state index is 12.4. The fourth-order valence-electron chi connectivity index (χ4n) is 2.26.